The second kappa shape index (κ2) is 9.33. The highest BCUT2D eigenvalue weighted by Gasteiger charge is 2.28. The molecule has 0 aliphatic carbocycles. The highest BCUT2D eigenvalue weighted by atomic mass is 32.2. The molecule has 0 radical (unpaired) electrons. The predicted octanol–water partition coefficient (Wildman–Crippen LogP) is 4.58. The van der Waals surface area contributed by atoms with Gasteiger partial charge in [0.25, 0.3) is 5.56 Å². The zero-order chi connectivity index (χ0) is 24.6. The fourth-order valence-electron chi connectivity index (χ4n) is 4.27. The molecule has 0 amide bonds. The Morgan fingerprint density at radius 1 is 0.971 bits per heavy atom. The first-order valence-corrected chi connectivity index (χ1v) is 13.4. The zero-order valence-corrected chi connectivity index (χ0v) is 21.0. The number of hydrogen-bond donors (Lipinski definition) is 1. The number of para-hydroxylation sites is 1. The molecule has 5 rings (SSSR count). The van der Waals surface area contributed by atoms with Crippen molar-refractivity contribution in [1.82, 2.24) is 18.0 Å². The normalized spacial score (nSPS) is 12.1. The smallest absolute Gasteiger partial charge is 0.252 e. The average Bonchev–Trinajstić information content (AvgIpc) is 3.31. The lowest BCUT2D eigenvalue weighted by atomic mass is 10.1. The molecule has 0 saturated carbocycles. The van der Waals surface area contributed by atoms with Crippen LogP contribution in [-0.2, 0) is 23.0 Å². The van der Waals surface area contributed by atoms with Crippen molar-refractivity contribution in [3.05, 3.63) is 99.3 Å². The number of nitrogens with one attached hydrogen (secondary N) is 1. The lowest BCUT2D eigenvalue weighted by Crippen LogP contribution is -2.34. The van der Waals surface area contributed by atoms with Crippen molar-refractivity contribution in [2.24, 2.45) is 0 Å². The Balaban J connectivity index is 1.57. The molecular weight excluding hydrogens is 480 g/mol. The Labute approximate surface area is 207 Å². The van der Waals surface area contributed by atoms with Gasteiger partial charge in [0, 0.05) is 18.7 Å². The van der Waals surface area contributed by atoms with Crippen LogP contribution in [0.15, 0.2) is 76.4 Å². The number of hydrogen-bond acceptors (Lipinski definition) is 6. The predicted molar refractivity (Wildman–Crippen MR) is 139 cm³/mol. The first-order valence-electron chi connectivity index (χ1n) is 11.2. The van der Waals surface area contributed by atoms with Gasteiger partial charge in [-0.25, -0.2) is 8.42 Å². The van der Waals surface area contributed by atoms with Crippen LogP contribution in [0.3, 0.4) is 0 Å². The van der Waals surface area contributed by atoms with Crippen molar-refractivity contribution < 1.29 is 8.42 Å². The van der Waals surface area contributed by atoms with E-state index in [0.717, 1.165) is 39.3 Å². The van der Waals surface area contributed by atoms with Gasteiger partial charge in [-0.3, -0.25) is 4.79 Å². The van der Waals surface area contributed by atoms with Crippen LogP contribution in [-0.4, -0.2) is 33.0 Å². The Kier molecular flexibility index (Phi) is 6.22. The van der Waals surface area contributed by atoms with Crippen LogP contribution in [0.25, 0.3) is 21.9 Å². The molecule has 2 aromatic heterocycles. The van der Waals surface area contributed by atoms with E-state index in [1.807, 2.05) is 56.3 Å². The van der Waals surface area contributed by atoms with E-state index < -0.39 is 10.0 Å². The van der Waals surface area contributed by atoms with Crippen molar-refractivity contribution in [2.75, 3.05) is 6.54 Å². The third kappa shape index (κ3) is 4.62. The Morgan fingerprint density at radius 3 is 2.60 bits per heavy atom. The van der Waals surface area contributed by atoms with E-state index in [2.05, 4.69) is 13.7 Å². The second-order valence-electron chi connectivity index (χ2n) is 8.63. The van der Waals surface area contributed by atoms with E-state index in [1.165, 1.54) is 4.31 Å². The summed E-state index contributed by atoms with van der Waals surface area (Å²) in [6.45, 7) is 4.09. The maximum Gasteiger partial charge on any atom is 0.252 e. The van der Waals surface area contributed by atoms with E-state index in [4.69, 9.17) is 0 Å². The Bertz CT molecular complexity index is 1710. The standard InChI is InChI=1S/C26H24N4O3S2/c1-17-6-3-8-19(14-17)12-13-30(35(32,33)23-11-5-10-22-25(23)29-34-28-22)16-21-15-20-9-4-7-18(2)24(20)27-26(21)31/h3-11,14-15H,12-13,16H2,1-2H3,(H,27,31). The first kappa shape index (κ1) is 23.3. The lowest BCUT2D eigenvalue weighted by molar-refractivity contribution is 0.408. The van der Waals surface area contributed by atoms with Crippen molar-refractivity contribution in [3.63, 3.8) is 0 Å². The maximum absolute atomic E-state index is 13.9. The number of benzene rings is 3. The Morgan fingerprint density at radius 2 is 1.77 bits per heavy atom. The third-order valence-corrected chi connectivity index (χ3v) is 8.53. The van der Waals surface area contributed by atoms with Gasteiger partial charge in [-0.05, 0) is 55.0 Å². The Hall–Kier alpha value is -3.40. The second-order valence-corrected chi connectivity index (χ2v) is 11.1. The van der Waals surface area contributed by atoms with Crippen molar-refractivity contribution in [1.29, 1.82) is 0 Å². The molecule has 7 nitrogen and oxygen atoms in total. The molecule has 0 unspecified atom stereocenters. The molecule has 5 aromatic rings. The van der Waals surface area contributed by atoms with Gasteiger partial charge in [-0.2, -0.15) is 13.1 Å². The average molecular weight is 505 g/mol. The number of rotatable bonds is 7. The summed E-state index contributed by atoms with van der Waals surface area (Å²) < 4.78 is 37.6. The third-order valence-electron chi connectivity index (χ3n) is 6.11. The fourth-order valence-corrected chi connectivity index (χ4v) is 6.44. The molecule has 0 atom stereocenters. The molecule has 3 aromatic carbocycles. The summed E-state index contributed by atoms with van der Waals surface area (Å²) in [7, 11) is -3.97. The van der Waals surface area contributed by atoms with E-state index in [1.54, 1.807) is 24.3 Å². The number of sulfonamides is 1. The van der Waals surface area contributed by atoms with Gasteiger partial charge in [-0.15, -0.1) is 0 Å². The summed E-state index contributed by atoms with van der Waals surface area (Å²) in [4.78, 5) is 16.0. The molecule has 35 heavy (non-hydrogen) atoms. The minimum atomic E-state index is -3.97. The molecule has 1 N–H and O–H groups in total. The molecule has 0 spiro atoms. The summed E-state index contributed by atoms with van der Waals surface area (Å²) in [5.41, 5.74) is 4.83. The van der Waals surface area contributed by atoms with Crippen LogP contribution in [0.4, 0.5) is 0 Å². The van der Waals surface area contributed by atoms with Crippen LogP contribution < -0.4 is 5.56 Å². The SMILES string of the molecule is Cc1cccc(CCN(Cc2cc3cccc(C)c3[nH]c2=O)S(=O)(=O)c2cccc3nsnc23)c1. The van der Waals surface area contributed by atoms with Crippen LogP contribution in [0.5, 0.6) is 0 Å². The molecule has 0 fully saturated rings. The summed E-state index contributed by atoms with van der Waals surface area (Å²) in [6.07, 6.45) is 0.511. The zero-order valence-electron chi connectivity index (χ0n) is 19.4. The van der Waals surface area contributed by atoms with Gasteiger partial charge in [0.05, 0.1) is 17.2 Å². The summed E-state index contributed by atoms with van der Waals surface area (Å²) in [5.74, 6) is 0. The van der Waals surface area contributed by atoms with E-state index in [9.17, 15) is 13.2 Å². The summed E-state index contributed by atoms with van der Waals surface area (Å²) >= 11 is 0.978. The van der Waals surface area contributed by atoms with Gasteiger partial charge in [0.1, 0.15) is 15.9 Å². The molecular formula is C26H24N4O3S2. The van der Waals surface area contributed by atoms with Crippen molar-refractivity contribution >= 4 is 43.7 Å². The van der Waals surface area contributed by atoms with E-state index >= 15 is 0 Å². The highest BCUT2D eigenvalue weighted by Crippen LogP contribution is 2.26. The number of fused-ring (bicyclic) bond motifs is 2. The molecule has 0 saturated heterocycles. The molecule has 178 valence electrons. The molecule has 9 heteroatoms. The summed E-state index contributed by atoms with van der Waals surface area (Å²) in [6, 6.07) is 20.5. The largest absolute Gasteiger partial charge is 0.321 e. The number of aromatic amines is 1. The monoisotopic (exact) mass is 504 g/mol. The van der Waals surface area contributed by atoms with Gasteiger partial charge < -0.3 is 4.98 Å². The minimum Gasteiger partial charge on any atom is -0.321 e. The number of aromatic nitrogens is 3. The quantitative estimate of drug-likeness (QED) is 0.350. The number of pyridine rings is 1. The number of H-pyrrole nitrogens is 1. The van der Waals surface area contributed by atoms with Crippen molar-refractivity contribution in [2.45, 2.75) is 31.7 Å². The summed E-state index contributed by atoms with van der Waals surface area (Å²) in [5, 5.41) is 0.862. The van der Waals surface area contributed by atoms with Crippen LogP contribution in [0.1, 0.15) is 22.3 Å². The molecule has 0 aliphatic heterocycles. The topological polar surface area (TPSA) is 96.0 Å². The van der Waals surface area contributed by atoms with Crippen molar-refractivity contribution in [3.8, 4) is 0 Å². The van der Waals surface area contributed by atoms with E-state index in [-0.39, 0.29) is 23.5 Å². The molecule has 0 aliphatic rings. The molecule has 0 bridgehead atoms. The first-order chi connectivity index (χ1) is 16.8. The van der Waals surface area contributed by atoms with Gasteiger partial charge in [-0.1, -0.05) is 54.1 Å². The minimum absolute atomic E-state index is 0.0542. The highest BCUT2D eigenvalue weighted by molar-refractivity contribution is 7.89. The number of nitrogens with zero attached hydrogens (tertiary/aromatic N) is 3. The van der Waals surface area contributed by atoms with Gasteiger partial charge >= 0.3 is 0 Å². The van der Waals surface area contributed by atoms with Crippen LogP contribution >= 0.6 is 11.7 Å². The van der Waals surface area contributed by atoms with Gasteiger partial charge in [0.15, 0.2) is 0 Å². The van der Waals surface area contributed by atoms with Crippen LogP contribution in [0.2, 0.25) is 0 Å². The lowest BCUT2D eigenvalue weighted by Gasteiger charge is -2.22. The maximum atomic E-state index is 13.9. The number of aryl methyl sites for hydroxylation is 2. The fraction of sp³-hybridized carbons (Fsp3) is 0.192. The van der Waals surface area contributed by atoms with Gasteiger partial charge in [0.2, 0.25) is 10.0 Å². The molecule has 2 heterocycles. The van der Waals surface area contributed by atoms with E-state index in [0.29, 0.717) is 23.0 Å². The van der Waals surface area contributed by atoms with Crippen LogP contribution in [0, 0.1) is 13.8 Å².